The van der Waals surface area contributed by atoms with Gasteiger partial charge in [-0.3, -0.25) is 4.79 Å². The average molecular weight is 341 g/mol. The lowest BCUT2D eigenvalue weighted by Crippen LogP contribution is -2.22. The Labute approximate surface area is 137 Å². The lowest BCUT2D eigenvalue weighted by molar-refractivity contribution is -0.0512. The summed E-state index contributed by atoms with van der Waals surface area (Å²) in [5, 5.41) is 2.79. The van der Waals surface area contributed by atoms with E-state index in [-0.39, 0.29) is 17.4 Å². The van der Waals surface area contributed by atoms with Crippen LogP contribution in [0.4, 0.5) is 8.78 Å². The van der Waals surface area contributed by atoms with Gasteiger partial charge in [-0.15, -0.1) is 11.3 Å². The Bertz CT molecular complexity index is 673. The first-order valence-corrected chi connectivity index (χ1v) is 7.83. The molecule has 1 heterocycles. The molecule has 0 spiro atoms. The molecule has 124 valence electrons. The van der Waals surface area contributed by atoms with Gasteiger partial charge < -0.3 is 14.8 Å². The van der Waals surface area contributed by atoms with Crippen LogP contribution in [0.15, 0.2) is 30.3 Å². The number of hydrogen-bond acceptors (Lipinski definition) is 4. The molecule has 2 aromatic rings. The maximum Gasteiger partial charge on any atom is 0.387 e. The average Bonchev–Trinajstić information content (AvgIpc) is 3.00. The van der Waals surface area contributed by atoms with Gasteiger partial charge in [0.25, 0.3) is 5.91 Å². The lowest BCUT2D eigenvalue weighted by atomic mass is 10.2. The monoisotopic (exact) mass is 341 g/mol. The van der Waals surface area contributed by atoms with Crippen molar-refractivity contribution in [1.29, 1.82) is 0 Å². The van der Waals surface area contributed by atoms with E-state index in [1.165, 1.54) is 30.2 Å². The quantitative estimate of drug-likeness (QED) is 0.832. The third kappa shape index (κ3) is 4.66. The largest absolute Gasteiger partial charge is 0.493 e. The molecule has 0 aliphatic rings. The zero-order valence-electron chi connectivity index (χ0n) is 12.8. The number of rotatable bonds is 7. The summed E-state index contributed by atoms with van der Waals surface area (Å²) in [6.45, 7) is -0.458. The first kappa shape index (κ1) is 17.2. The van der Waals surface area contributed by atoms with Crippen LogP contribution in [0.5, 0.6) is 11.5 Å². The number of thiophene rings is 1. The van der Waals surface area contributed by atoms with Crippen molar-refractivity contribution >= 4 is 17.2 Å². The van der Waals surface area contributed by atoms with Gasteiger partial charge in [0.1, 0.15) is 0 Å². The maximum atomic E-state index is 12.3. The SMILES string of the molecule is CCc1ccc(CNC(=O)c2ccc(OC(F)F)c(OC)c2)s1. The molecule has 0 unspecified atom stereocenters. The van der Waals surface area contributed by atoms with E-state index < -0.39 is 6.61 Å². The van der Waals surface area contributed by atoms with Gasteiger partial charge in [-0.25, -0.2) is 0 Å². The number of hydrogen-bond donors (Lipinski definition) is 1. The molecule has 4 nitrogen and oxygen atoms in total. The maximum absolute atomic E-state index is 12.3. The summed E-state index contributed by atoms with van der Waals surface area (Å²) in [7, 11) is 1.33. The number of halogens is 2. The van der Waals surface area contributed by atoms with E-state index in [2.05, 4.69) is 17.0 Å². The molecule has 23 heavy (non-hydrogen) atoms. The van der Waals surface area contributed by atoms with Gasteiger partial charge in [-0.1, -0.05) is 6.92 Å². The molecule has 1 N–H and O–H groups in total. The second kappa shape index (κ2) is 7.92. The summed E-state index contributed by atoms with van der Waals surface area (Å²) in [4.78, 5) is 14.5. The molecule has 2 rings (SSSR count). The number of ether oxygens (including phenoxy) is 2. The zero-order valence-corrected chi connectivity index (χ0v) is 13.6. The number of carbonyl (C=O) groups excluding carboxylic acids is 1. The van der Waals surface area contributed by atoms with Crippen LogP contribution in [0.3, 0.4) is 0 Å². The summed E-state index contributed by atoms with van der Waals surface area (Å²) in [5.74, 6) is -0.328. The molecule has 0 atom stereocenters. The van der Waals surface area contributed by atoms with Crippen LogP contribution >= 0.6 is 11.3 Å². The fourth-order valence-corrected chi connectivity index (χ4v) is 2.88. The topological polar surface area (TPSA) is 47.6 Å². The summed E-state index contributed by atoms with van der Waals surface area (Å²) in [5.41, 5.74) is 0.315. The number of carbonyl (C=O) groups is 1. The molecule has 7 heteroatoms. The zero-order chi connectivity index (χ0) is 16.8. The van der Waals surface area contributed by atoms with Gasteiger partial charge in [0.2, 0.25) is 0 Å². The highest BCUT2D eigenvalue weighted by Gasteiger charge is 2.14. The molecule has 1 aromatic heterocycles. The van der Waals surface area contributed by atoms with E-state index in [0.717, 1.165) is 11.3 Å². The van der Waals surface area contributed by atoms with Crippen molar-refractivity contribution in [3.63, 3.8) is 0 Å². The third-order valence-electron chi connectivity index (χ3n) is 3.13. The number of alkyl halides is 2. The van der Waals surface area contributed by atoms with Crippen molar-refractivity contribution in [3.05, 3.63) is 45.6 Å². The standard InChI is InChI=1S/C16H17F2NO3S/c1-3-11-5-6-12(23-11)9-19-15(20)10-4-7-13(22-16(17)18)14(8-10)21-2/h4-8,16H,3,9H2,1-2H3,(H,19,20). The van der Waals surface area contributed by atoms with E-state index in [4.69, 9.17) is 4.74 Å². The molecular weight excluding hydrogens is 324 g/mol. The fourth-order valence-electron chi connectivity index (χ4n) is 1.98. The molecule has 0 aliphatic heterocycles. The second-order valence-electron chi connectivity index (χ2n) is 4.65. The normalized spacial score (nSPS) is 10.7. The Morgan fingerprint density at radius 3 is 2.57 bits per heavy atom. The second-order valence-corrected chi connectivity index (χ2v) is 5.90. The minimum absolute atomic E-state index is 0.0855. The molecule has 0 fully saturated rings. The Morgan fingerprint density at radius 1 is 1.22 bits per heavy atom. The van der Waals surface area contributed by atoms with Crippen molar-refractivity contribution < 1.29 is 23.0 Å². The first-order chi connectivity index (χ1) is 11.0. The third-order valence-corrected chi connectivity index (χ3v) is 4.36. The Morgan fingerprint density at radius 2 is 1.96 bits per heavy atom. The minimum atomic E-state index is -2.95. The molecule has 1 aromatic carbocycles. The predicted molar refractivity (Wildman–Crippen MR) is 84.5 cm³/mol. The molecule has 0 saturated heterocycles. The highest BCUT2D eigenvalue weighted by molar-refractivity contribution is 7.11. The van der Waals surface area contributed by atoms with Gasteiger partial charge >= 0.3 is 6.61 Å². The van der Waals surface area contributed by atoms with Gasteiger partial charge in [-0.05, 0) is 36.8 Å². The van der Waals surface area contributed by atoms with Gasteiger partial charge in [-0.2, -0.15) is 8.78 Å². The highest BCUT2D eigenvalue weighted by atomic mass is 32.1. The number of nitrogens with one attached hydrogen (secondary N) is 1. The number of methoxy groups -OCH3 is 1. The summed E-state index contributed by atoms with van der Waals surface area (Å²) < 4.78 is 33.9. The minimum Gasteiger partial charge on any atom is -0.493 e. The van der Waals surface area contributed by atoms with Crippen LogP contribution in [0.25, 0.3) is 0 Å². The molecule has 0 radical (unpaired) electrons. The molecular formula is C16H17F2NO3S. The van der Waals surface area contributed by atoms with Crippen LogP contribution in [-0.2, 0) is 13.0 Å². The first-order valence-electron chi connectivity index (χ1n) is 7.02. The van der Waals surface area contributed by atoms with E-state index in [1.54, 1.807) is 11.3 Å². The van der Waals surface area contributed by atoms with Gasteiger partial charge in [0.15, 0.2) is 11.5 Å². The van der Waals surface area contributed by atoms with Crippen LogP contribution < -0.4 is 14.8 Å². The van der Waals surface area contributed by atoms with Crippen molar-refractivity contribution in [2.45, 2.75) is 26.5 Å². The van der Waals surface area contributed by atoms with E-state index in [0.29, 0.717) is 12.1 Å². The Hall–Kier alpha value is -2.15. The summed E-state index contributed by atoms with van der Waals surface area (Å²) in [6, 6.07) is 8.09. The van der Waals surface area contributed by atoms with Crippen LogP contribution in [0, 0.1) is 0 Å². The molecule has 0 aliphatic carbocycles. The molecule has 0 saturated carbocycles. The lowest BCUT2D eigenvalue weighted by Gasteiger charge is -2.11. The highest BCUT2D eigenvalue weighted by Crippen LogP contribution is 2.29. The summed E-state index contributed by atoms with van der Waals surface area (Å²) in [6.07, 6.45) is 0.960. The van der Waals surface area contributed by atoms with E-state index in [9.17, 15) is 13.6 Å². The van der Waals surface area contributed by atoms with E-state index in [1.807, 2.05) is 12.1 Å². The van der Waals surface area contributed by atoms with Gasteiger partial charge in [0, 0.05) is 15.3 Å². The fraction of sp³-hybridized carbons (Fsp3) is 0.312. The van der Waals surface area contributed by atoms with Crippen molar-refractivity contribution in [1.82, 2.24) is 5.32 Å². The van der Waals surface area contributed by atoms with Crippen LogP contribution in [0.2, 0.25) is 0 Å². The number of aryl methyl sites for hydroxylation is 1. The van der Waals surface area contributed by atoms with Crippen LogP contribution in [-0.4, -0.2) is 19.6 Å². The van der Waals surface area contributed by atoms with Crippen LogP contribution in [0.1, 0.15) is 27.0 Å². The summed E-state index contributed by atoms with van der Waals surface area (Å²) >= 11 is 1.64. The Kier molecular flexibility index (Phi) is 5.92. The van der Waals surface area contributed by atoms with Gasteiger partial charge in [0.05, 0.1) is 13.7 Å². The van der Waals surface area contributed by atoms with Crippen molar-refractivity contribution in [2.75, 3.05) is 7.11 Å². The van der Waals surface area contributed by atoms with Crippen molar-refractivity contribution in [2.24, 2.45) is 0 Å². The molecule has 0 bridgehead atoms. The van der Waals surface area contributed by atoms with Crippen molar-refractivity contribution in [3.8, 4) is 11.5 Å². The number of amides is 1. The Balaban J connectivity index is 2.03. The smallest absolute Gasteiger partial charge is 0.387 e. The number of benzene rings is 1. The molecule has 1 amide bonds. The predicted octanol–water partition coefficient (Wildman–Crippen LogP) is 3.85. The van der Waals surface area contributed by atoms with E-state index >= 15 is 0 Å².